The number of sulfonamides is 2. The first-order valence-electron chi connectivity index (χ1n) is 10.1. The van der Waals surface area contributed by atoms with Crippen molar-refractivity contribution < 1.29 is 21.6 Å². The van der Waals surface area contributed by atoms with Crippen LogP contribution in [0.4, 0.5) is 0 Å². The number of pyridine rings is 1. The summed E-state index contributed by atoms with van der Waals surface area (Å²) in [6.45, 7) is 4.28. The average molecular weight is 479 g/mol. The molecular weight excluding hydrogens is 452 g/mol. The Morgan fingerprint density at radius 3 is 2.56 bits per heavy atom. The van der Waals surface area contributed by atoms with Crippen molar-refractivity contribution >= 4 is 26.0 Å². The number of nitrogens with one attached hydrogen (secondary N) is 2. The fourth-order valence-corrected chi connectivity index (χ4v) is 5.46. The lowest BCUT2D eigenvalue weighted by Gasteiger charge is -2.17. The van der Waals surface area contributed by atoms with Crippen molar-refractivity contribution in [2.45, 2.75) is 24.3 Å². The Kier molecular flexibility index (Phi) is 7.77. The van der Waals surface area contributed by atoms with E-state index in [-0.39, 0.29) is 36.2 Å². The lowest BCUT2D eigenvalue weighted by molar-refractivity contribution is -0.120. The van der Waals surface area contributed by atoms with Crippen LogP contribution in [-0.2, 0) is 37.8 Å². The van der Waals surface area contributed by atoms with E-state index in [1.807, 2.05) is 12.1 Å². The van der Waals surface area contributed by atoms with E-state index in [0.29, 0.717) is 25.1 Å². The van der Waals surface area contributed by atoms with Crippen LogP contribution in [0.2, 0.25) is 0 Å². The molecule has 1 aromatic carbocycles. The number of hydrogen-bond donors (Lipinski definition) is 2. The lowest BCUT2D eigenvalue weighted by atomic mass is 10.1. The minimum absolute atomic E-state index is 0.110. The SMILES string of the molecule is C=CS(=O)(=O)NCC1CCN(S(=O)(=O)c2ccc(CC(=O)NCc3ccccn3)cc2)C1. The Hall–Kier alpha value is -2.60. The van der Waals surface area contributed by atoms with Gasteiger partial charge in [0, 0.05) is 31.2 Å². The molecular formula is C21H26N4O5S2. The van der Waals surface area contributed by atoms with Crippen molar-refractivity contribution in [3.05, 3.63) is 71.9 Å². The molecule has 32 heavy (non-hydrogen) atoms. The number of amides is 1. The summed E-state index contributed by atoms with van der Waals surface area (Å²) in [6.07, 6.45) is 2.35. The van der Waals surface area contributed by atoms with Gasteiger partial charge in [-0.1, -0.05) is 24.8 Å². The number of benzene rings is 1. The summed E-state index contributed by atoms with van der Waals surface area (Å²) in [6, 6.07) is 11.7. The molecule has 0 radical (unpaired) electrons. The number of rotatable bonds is 10. The summed E-state index contributed by atoms with van der Waals surface area (Å²) in [5, 5.41) is 3.62. The highest BCUT2D eigenvalue weighted by Gasteiger charge is 2.32. The zero-order valence-electron chi connectivity index (χ0n) is 17.5. The molecule has 1 atom stereocenters. The first kappa shape index (κ1) is 24.1. The van der Waals surface area contributed by atoms with Gasteiger partial charge in [0.05, 0.1) is 23.6 Å². The van der Waals surface area contributed by atoms with Crippen LogP contribution in [-0.4, -0.2) is 51.7 Å². The predicted octanol–water partition coefficient (Wildman–Crippen LogP) is 1.01. The summed E-state index contributed by atoms with van der Waals surface area (Å²) in [5.74, 6) is -0.294. The standard InChI is InChI=1S/C21H26N4O5S2/c1-2-31(27,28)24-14-18-10-12-25(16-18)32(29,30)20-8-6-17(7-9-20)13-21(26)23-15-19-5-3-4-11-22-19/h2-9,11,18,24H,1,10,12-16H2,(H,23,26). The maximum atomic E-state index is 12.9. The molecule has 0 spiro atoms. The monoisotopic (exact) mass is 478 g/mol. The van der Waals surface area contributed by atoms with Gasteiger partial charge in [-0.3, -0.25) is 9.78 Å². The van der Waals surface area contributed by atoms with Crippen LogP contribution in [0.25, 0.3) is 0 Å². The van der Waals surface area contributed by atoms with E-state index in [1.165, 1.54) is 16.4 Å². The minimum atomic E-state index is -3.70. The Balaban J connectivity index is 1.54. The molecule has 3 rings (SSSR count). The fourth-order valence-electron chi connectivity index (χ4n) is 3.34. The molecule has 0 aliphatic carbocycles. The van der Waals surface area contributed by atoms with Crippen LogP contribution in [0.15, 0.2) is 65.5 Å². The van der Waals surface area contributed by atoms with Gasteiger partial charge in [0.25, 0.3) is 0 Å². The molecule has 1 aromatic heterocycles. The number of nitrogens with zero attached hydrogens (tertiary/aromatic N) is 2. The molecule has 0 saturated carbocycles. The van der Waals surface area contributed by atoms with Crippen LogP contribution in [0, 0.1) is 5.92 Å². The molecule has 0 bridgehead atoms. The van der Waals surface area contributed by atoms with Crippen LogP contribution in [0.3, 0.4) is 0 Å². The molecule has 1 aliphatic rings. The van der Waals surface area contributed by atoms with Gasteiger partial charge in [-0.15, -0.1) is 0 Å². The molecule has 1 amide bonds. The van der Waals surface area contributed by atoms with Gasteiger partial charge in [-0.05, 0) is 42.2 Å². The first-order chi connectivity index (χ1) is 15.2. The number of carbonyl (C=O) groups excluding carboxylic acids is 1. The zero-order chi connectivity index (χ0) is 23.2. The maximum absolute atomic E-state index is 12.9. The van der Waals surface area contributed by atoms with Crippen molar-refractivity contribution in [1.82, 2.24) is 19.3 Å². The van der Waals surface area contributed by atoms with E-state index in [2.05, 4.69) is 21.6 Å². The van der Waals surface area contributed by atoms with Gasteiger partial charge in [0.1, 0.15) is 0 Å². The zero-order valence-corrected chi connectivity index (χ0v) is 19.1. The molecule has 2 N–H and O–H groups in total. The number of aromatic nitrogens is 1. The molecule has 1 saturated heterocycles. The van der Waals surface area contributed by atoms with Gasteiger partial charge in [0.15, 0.2) is 0 Å². The smallest absolute Gasteiger partial charge is 0.243 e. The summed E-state index contributed by atoms with van der Waals surface area (Å²) < 4.78 is 52.6. The van der Waals surface area contributed by atoms with Crippen molar-refractivity contribution in [3.63, 3.8) is 0 Å². The van der Waals surface area contributed by atoms with Crippen LogP contribution in [0.5, 0.6) is 0 Å². The van der Waals surface area contributed by atoms with Gasteiger partial charge >= 0.3 is 0 Å². The summed E-state index contributed by atoms with van der Waals surface area (Å²) in [4.78, 5) is 16.4. The Morgan fingerprint density at radius 2 is 1.91 bits per heavy atom. The number of carbonyl (C=O) groups is 1. The minimum Gasteiger partial charge on any atom is -0.350 e. The van der Waals surface area contributed by atoms with Crippen molar-refractivity contribution in [2.24, 2.45) is 5.92 Å². The summed E-state index contributed by atoms with van der Waals surface area (Å²) >= 11 is 0. The highest BCUT2D eigenvalue weighted by Crippen LogP contribution is 2.24. The van der Waals surface area contributed by atoms with Crippen molar-refractivity contribution in [1.29, 1.82) is 0 Å². The highest BCUT2D eigenvalue weighted by molar-refractivity contribution is 7.92. The molecule has 11 heteroatoms. The lowest BCUT2D eigenvalue weighted by Crippen LogP contribution is -2.32. The normalized spacial score (nSPS) is 17.2. The summed E-state index contributed by atoms with van der Waals surface area (Å²) in [7, 11) is -7.23. The van der Waals surface area contributed by atoms with E-state index in [0.717, 1.165) is 11.1 Å². The molecule has 2 aromatic rings. The molecule has 9 nitrogen and oxygen atoms in total. The Labute approximate surface area is 188 Å². The van der Waals surface area contributed by atoms with E-state index >= 15 is 0 Å². The highest BCUT2D eigenvalue weighted by atomic mass is 32.2. The van der Waals surface area contributed by atoms with E-state index < -0.39 is 20.0 Å². The Morgan fingerprint density at radius 1 is 1.16 bits per heavy atom. The topological polar surface area (TPSA) is 126 Å². The second-order valence-corrected chi connectivity index (χ2v) is 11.1. The molecule has 172 valence electrons. The predicted molar refractivity (Wildman–Crippen MR) is 120 cm³/mol. The van der Waals surface area contributed by atoms with Crippen molar-refractivity contribution in [2.75, 3.05) is 19.6 Å². The third kappa shape index (κ3) is 6.45. The largest absolute Gasteiger partial charge is 0.350 e. The van der Waals surface area contributed by atoms with Gasteiger partial charge in [-0.25, -0.2) is 21.6 Å². The van der Waals surface area contributed by atoms with E-state index in [4.69, 9.17) is 0 Å². The second kappa shape index (κ2) is 10.3. The third-order valence-corrected chi connectivity index (χ3v) is 8.05. The molecule has 1 aliphatic heterocycles. The van der Waals surface area contributed by atoms with Gasteiger partial charge in [0.2, 0.25) is 26.0 Å². The van der Waals surface area contributed by atoms with Gasteiger partial charge < -0.3 is 5.32 Å². The van der Waals surface area contributed by atoms with E-state index in [9.17, 15) is 21.6 Å². The van der Waals surface area contributed by atoms with Gasteiger partial charge in [-0.2, -0.15) is 4.31 Å². The van der Waals surface area contributed by atoms with E-state index in [1.54, 1.807) is 24.4 Å². The van der Waals surface area contributed by atoms with Crippen LogP contribution >= 0.6 is 0 Å². The molecule has 2 heterocycles. The molecule has 1 fully saturated rings. The molecule has 1 unspecified atom stereocenters. The average Bonchev–Trinajstić information content (AvgIpc) is 3.28. The maximum Gasteiger partial charge on any atom is 0.243 e. The summed E-state index contributed by atoms with van der Waals surface area (Å²) in [5.41, 5.74) is 1.45. The Bertz CT molecular complexity index is 1150. The first-order valence-corrected chi connectivity index (χ1v) is 13.1. The fraction of sp³-hybridized carbons (Fsp3) is 0.333. The van der Waals surface area contributed by atoms with Crippen LogP contribution < -0.4 is 10.0 Å². The van der Waals surface area contributed by atoms with Crippen LogP contribution in [0.1, 0.15) is 17.7 Å². The third-order valence-electron chi connectivity index (χ3n) is 5.16. The quantitative estimate of drug-likeness (QED) is 0.525. The second-order valence-electron chi connectivity index (χ2n) is 7.50. The van der Waals surface area contributed by atoms with Crippen molar-refractivity contribution in [3.8, 4) is 0 Å². The number of hydrogen-bond acceptors (Lipinski definition) is 6.